The van der Waals surface area contributed by atoms with Crippen molar-refractivity contribution < 1.29 is 9.19 Å². The molecule has 0 aliphatic carbocycles. The highest BCUT2D eigenvalue weighted by Crippen LogP contribution is 2.36. The molecule has 3 rings (SSSR count). The molecule has 0 amide bonds. The zero-order valence-corrected chi connectivity index (χ0v) is 14.0. The van der Waals surface area contributed by atoms with E-state index in [0.29, 0.717) is 13.1 Å². The molecule has 3 atom stereocenters. The van der Waals surface area contributed by atoms with Crippen LogP contribution in [0, 0.1) is 0 Å². The number of hydrogen-bond acceptors (Lipinski definition) is 1. The highest BCUT2D eigenvalue weighted by atomic mass is 19.2. The van der Waals surface area contributed by atoms with Crippen LogP contribution in [-0.4, -0.2) is 42.8 Å². The summed E-state index contributed by atoms with van der Waals surface area (Å²) in [6.45, 7) is 4.78. The number of quaternary nitrogens is 1. The van der Waals surface area contributed by atoms with Crippen molar-refractivity contribution >= 4 is 0 Å². The fourth-order valence-corrected chi connectivity index (χ4v) is 3.63. The molecule has 23 heavy (non-hydrogen) atoms. The van der Waals surface area contributed by atoms with Crippen LogP contribution < -0.4 is 0 Å². The Bertz CT molecular complexity index is 616. The predicted molar refractivity (Wildman–Crippen MR) is 92.6 cm³/mol. The zero-order valence-electron chi connectivity index (χ0n) is 14.0. The van der Waals surface area contributed by atoms with Gasteiger partial charge in [-0.15, -0.1) is 4.71 Å². The van der Waals surface area contributed by atoms with Crippen LogP contribution in [0.4, 0.5) is 4.48 Å². The monoisotopic (exact) mass is 313 g/mol. The van der Waals surface area contributed by atoms with Gasteiger partial charge in [0.2, 0.25) is 0 Å². The van der Waals surface area contributed by atoms with E-state index < -0.39 is 0 Å². The molecule has 0 aromatic heterocycles. The van der Waals surface area contributed by atoms with Gasteiger partial charge >= 0.3 is 0 Å². The van der Waals surface area contributed by atoms with Crippen molar-refractivity contribution in [3.05, 3.63) is 71.8 Å². The lowest BCUT2D eigenvalue weighted by molar-refractivity contribution is -1.08. The van der Waals surface area contributed by atoms with Gasteiger partial charge in [0.25, 0.3) is 0 Å². The van der Waals surface area contributed by atoms with E-state index >= 15 is 4.48 Å². The Morgan fingerprint density at radius 1 is 1.09 bits per heavy atom. The van der Waals surface area contributed by atoms with Crippen LogP contribution in [-0.2, 0) is 0 Å². The Morgan fingerprint density at radius 3 is 2.35 bits per heavy atom. The fraction of sp³-hybridized carbons (Fsp3) is 0.400. The lowest BCUT2D eigenvalue weighted by Gasteiger charge is -2.42. The molecule has 0 bridgehead atoms. The first-order valence-corrected chi connectivity index (χ1v) is 8.43. The number of hydrogen-bond donors (Lipinski definition) is 0. The smallest absolute Gasteiger partial charge is 0.163 e. The van der Waals surface area contributed by atoms with E-state index in [2.05, 4.69) is 43.1 Å². The van der Waals surface area contributed by atoms with Crippen LogP contribution in [0.5, 0.6) is 0 Å². The van der Waals surface area contributed by atoms with Gasteiger partial charge in [-0.2, -0.15) is 0 Å². The van der Waals surface area contributed by atoms with Gasteiger partial charge in [0.1, 0.15) is 13.1 Å². The maximum Gasteiger partial charge on any atom is 0.163 e. The molecule has 2 aromatic carbocycles. The van der Waals surface area contributed by atoms with Gasteiger partial charge in [-0.1, -0.05) is 67.6 Å². The first kappa shape index (κ1) is 16.2. The Kier molecular flexibility index (Phi) is 4.79. The molecule has 0 radical (unpaired) electrons. The Morgan fingerprint density at radius 2 is 1.70 bits per heavy atom. The van der Waals surface area contributed by atoms with Crippen LogP contribution in [0.2, 0.25) is 0 Å². The number of likely N-dealkylation sites (N-methyl/N-ethyl adjacent to an activating group) is 1. The largest absolute Gasteiger partial charge is 0.295 e. The first-order chi connectivity index (χ1) is 11.1. The molecular formula is C20H26FN2+. The molecule has 1 aliphatic rings. The summed E-state index contributed by atoms with van der Waals surface area (Å²) in [7, 11) is 2.08. The molecular weight excluding hydrogens is 287 g/mol. The van der Waals surface area contributed by atoms with E-state index in [0.717, 1.165) is 18.7 Å². The lowest BCUT2D eigenvalue weighted by Crippen LogP contribution is -2.56. The molecule has 0 saturated carbocycles. The number of nitrogens with zero attached hydrogens (tertiary/aromatic N) is 2. The van der Waals surface area contributed by atoms with E-state index in [9.17, 15) is 0 Å². The summed E-state index contributed by atoms with van der Waals surface area (Å²) in [6.07, 6.45) is 0. The first-order valence-electron chi connectivity index (χ1n) is 8.43. The summed E-state index contributed by atoms with van der Waals surface area (Å²) in [5.74, 6) is 0.204. The van der Waals surface area contributed by atoms with Crippen molar-refractivity contribution in [1.29, 1.82) is 0 Å². The summed E-state index contributed by atoms with van der Waals surface area (Å²) < 4.78 is 15.6. The normalized spacial score (nSPS) is 26.8. The maximum atomic E-state index is 15.9. The van der Waals surface area contributed by atoms with Gasteiger partial charge < -0.3 is 0 Å². The third-order valence-electron chi connectivity index (χ3n) is 5.03. The molecule has 3 unspecified atom stereocenters. The lowest BCUT2D eigenvalue weighted by atomic mass is 9.96. The molecule has 122 valence electrons. The van der Waals surface area contributed by atoms with E-state index in [1.54, 1.807) is 0 Å². The summed E-state index contributed by atoms with van der Waals surface area (Å²) in [4.78, 5) is 2.24. The van der Waals surface area contributed by atoms with E-state index in [1.807, 2.05) is 36.4 Å². The average molecular weight is 313 g/mol. The Labute approximate surface area is 138 Å². The molecule has 0 spiro atoms. The minimum absolute atomic E-state index is 0.110. The van der Waals surface area contributed by atoms with E-state index in [1.165, 1.54) is 5.56 Å². The second-order valence-electron chi connectivity index (χ2n) is 6.83. The minimum Gasteiger partial charge on any atom is -0.295 e. The number of piperazine rings is 1. The second-order valence-corrected chi connectivity index (χ2v) is 6.83. The SMILES string of the molecule is CC(C[N+]1(F)CCN(C)CC1c1ccccc1)c1ccccc1. The van der Waals surface area contributed by atoms with Crippen molar-refractivity contribution in [1.82, 2.24) is 4.90 Å². The summed E-state index contributed by atoms with van der Waals surface area (Å²) in [6, 6.07) is 20.3. The minimum atomic E-state index is -0.371. The van der Waals surface area contributed by atoms with Gasteiger partial charge in [-0.3, -0.25) is 4.90 Å². The second kappa shape index (κ2) is 6.81. The quantitative estimate of drug-likeness (QED) is 0.766. The van der Waals surface area contributed by atoms with Crippen LogP contribution >= 0.6 is 0 Å². The topological polar surface area (TPSA) is 3.24 Å². The Hall–Kier alpha value is -1.71. The van der Waals surface area contributed by atoms with Crippen molar-refractivity contribution in [2.24, 2.45) is 0 Å². The van der Waals surface area contributed by atoms with Gasteiger partial charge in [0.15, 0.2) is 6.04 Å². The molecule has 1 saturated heterocycles. The average Bonchev–Trinajstić information content (AvgIpc) is 2.59. The van der Waals surface area contributed by atoms with Gasteiger partial charge in [0.05, 0.1) is 13.1 Å². The van der Waals surface area contributed by atoms with Crippen molar-refractivity contribution in [2.75, 3.05) is 33.2 Å². The fourth-order valence-electron chi connectivity index (χ4n) is 3.63. The maximum absolute atomic E-state index is 15.9. The molecule has 2 aromatic rings. The summed E-state index contributed by atoms with van der Waals surface area (Å²) in [5.41, 5.74) is 2.32. The van der Waals surface area contributed by atoms with Crippen LogP contribution in [0.3, 0.4) is 0 Å². The van der Waals surface area contributed by atoms with E-state index in [-0.39, 0.29) is 16.7 Å². The van der Waals surface area contributed by atoms with Gasteiger partial charge in [-0.25, -0.2) is 0 Å². The van der Waals surface area contributed by atoms with E-state index in [4.69, 9.17) is 0 Å². The number of rotatable bonds is 4. The molecule has 2 nitrogen and oxygen atoms in total. The summed E-state index contributed by atoms with van der Waals surface area (Å²) in [5, 5.41) is 0. The third kappa shape index (κ3) is 3.62. The highest BCUT2D eigenvalue weighted by Gasteiger charge is 2.45. The van der Waals surface area contributed by atoms with Crippen molar-refractivity contribution in [3.63, 3.8) is 0 Å². The van der Waals surface area contributed by atoms with Crippen molar-refractivity contribution in [2.45, 2.75) is 18.9 Å². The number of benzene rings is 2. The molecule has 1 fully saturated rings. The predicted octanol–water partition coefficient (Wildman–Crippen LogP) is 4.18. The molecule has 1 aliphatic heterocycles. The van der Waals surface area contributed by atoms with Gasteiger partial charge in [0, 0.05) is 11.5 Å². The standard InChI is InChI=1S/C20H26FN2/c1-17(18-9-5-3-6-10-18)16-23(21)14-13-22(2)15-20(23)19-11-7-4-8-12-19/h3-12,17,20H,13-16H2,1-2H3/q+1. The van der Waals surface area contributed by atoms with Crippen LogP contribution in [0.15, 0.2) is 60.7 Å². The summed E-state index contributed by atoms with van der Waals surface area (Å²) >= 11 is 0. The highest BCUT2D eigenvalue weighted by molar-refractivity contribution is 5.20. The molecule has 0 N–H and O–H groups in total. The number of halogens is 1. The van der Waals surface area contributed by atoms with Crippen LogP contribution in [0.25, 0.3) is 0 Å². The molecule has 1 heterocycles. The zero-order chi connectivity index (χ0) is 16.3. The van der Waals surface area contributed by atoms with Crippen molar-refractivity contribution in [3.8, 4) is 0 Å². The Balaban J connectivity index is 1.84. The van der Waals surface area contributed by atoms with Crippen LogP contribution in [0.1, 0.15) is 30.0 Å². The van der Waals surface area contributed by atoms with Gasteiger partial charge in [-0.05, 0) is 17.1 Å². The molecule has 3 heteroatoms. The third-order valence-corrected chi connectivity index (χ3v) is 5.03.